The molecule has 0 fully saturated rings. The Kier molecular flexibility index (Phi) is 3.02. The molecule has 1 aromatic rings. The quantitative estimate of drug-likeness (QED) is 0.398. The van der Waals surface area contributed by atoms with Crippen molar-refractivity contribution < 1.29 is 0 Å². The summed E-state index contributed by atoms with van der Waals surface area (Å²) in [5.74, 6) is 7.86. The van der Waals surface area contributed by atoms with E-state index in [4.69, 9.17) is 12.3 Å². The second kappa shape index (κ2) is 4.04. The van der Waals surface area contributed by atoms with Crippen LogP contribution >= 0.6 is 0 Å². The topological polar surface area (TPSA) is 50.9 Å². The van der Waals surface area contributed by atoms with E-state index in [1.54, 1.807) is 0 Å². The molecular weight excluding hydrogens is 162 g/mol. The minimum absolute atomic E-state index is 0.236. The van der Waals surface area contributed by atoms with Gasteiger partial charge in [0.05, 0.1) is 0 Å². The summed E-state index contributed by atoms with van der Waals surface area (Å²) in [5.41, 5.74) is 5.44. The molecule has 0 aliphatic heterocycles. The molecule has 0 saturated carbocycles. The Morgan fingerprint density at radius 3 is 2.38 bits per heavy atom. The van der Waals surface area contributed by atoms with E-state index in [-0.39, 0.29) is 6.04 Å². The number of aryl methyl sites for hydroxylation is 2. The third-order valence-corrected chi connectivity index (χ3v) is 1.77. The molecule has 13 heavy (non-hydrogen) atoms. The van der Waals surface area contributed by atoms with E-state index < -0.39 is 0 Å². The molecule has 1 atom stereocenters. The molecule has 0 bridgehead atoms. The van der Waals surface area contributed by atoms with Gasteiger partial charge in [0, 0.05) is 11.4 Å². The van der Waals surface area contributed by atoms with Crippen LogP contribution in [0.15, 0.2) is 12.1 Å². The van der Waals surface area contributed by atoms with Gasteiger partial charge >= 0.3 is 0 Å². The Balaban J connectivity index is 3.08. The van der Waals surface area contributed by atoms with E-state index in [2.05, 4.69) is 16.3 Å². The Bertz CT molecular complexity index is 318. The molecule has 1 heterocycles. The van der Waals surface area contributed by atoms with Gasteiger partial charge in [-0.25, -0.2) is 5.43 Å². The van der Waals surface area contributed by atoms with Crippen molar-refractivity contribution in [3.63, 3.8) is 0 Å². The standard InChI is InChI=1S/C10H13N3/c1-4-10(13-11)9-5-7(2)12-8(3)6-9/h1,5-6,10,13H,11H2,2-3H3. The molecule has 0 saturated heterocycles. The molecule has 3 nitrogen and oxygen atoms in total. The van der Waals surface area contributed by atoms with Gasteiger partial charge in [-0.05, 0) is 31.5 Å². The first-order chi connectivity index (χ1) is 6.17. The van der Waals surface area contributed by atoms with Crippen LogP contribution in [0, 0.1) is 26.2 Å². The normalized spacial score (nSPS) is 12.2. The van der Waals surface area contributed by atoms with Gasteiger partial charge in [-0.3, -0.25) is 10.8 Å². The molecule has 1 rings (SSSR count). The van der Waals surface area contributed by atoms with E-state index in [0.717, 1.165) is 17.0 Å². The lowest BCUT2D eigenvalue weighted by Crippen LogP contribution is -2.26. The van der Waals surface area contributed by atoms with Gasteiger partial charge in [0.25, 0.3) is 0 Å². The van der Waals surface area contributed by atoms with Crippen LogP contribution in [0.2, 0.25) is 0 Å². The molecule has 1 unspecified atom stereocenters. The van der Waals surface area contributed by atoms with Crippen LogP contribution in [-0.2, 0) is 0 Å². The van der Waals surface area contributed by atoms with Crippen LogP contribution in [0.5, 0.6) is 0 Å². The van der Waals surface area contributed by atoms with Crippen LogP contribution in [-0.4, -0.2) is 4.98 Å². The number of pyridine rings is 1. The van der Waals surface area contributed by atoms with Gasteiger partial charge in [0.2, 0.25) is 0 Å². The maximum Gasteiger partial charge on any atom is 0.107 e. The summed E-state index contributed by atoms with van der Waals surface area (Å²) in [6.45, 7) is 3.86. The fraction of sp³-hybridized carbons (Fsp3) is 0.300. The Morgan fingerprint density at radius 2 is 2.00 bits per heavy atom. The van der Waals surface area contributed by atoms with Crippen molar-refractivity contribution in [2.75, 3.05) is 0 Å². The molecule has 1 aromatic heterocycles. The van der Waals surface area contributed by atoms with Crippen molar-refractivity contribution in [1.82, 2.24) is 10.4 Å². The van der Waals surface area contributed by atoms with E-state index in [1.807, 2.05) is 26.0 Å². The zero-order valence-corrected chi connectivity index (χ0v) is 7.83. The zero-order valence-electron chi connectivity index (χ0n) is 7.83. The predicted octanol–water partition coefficient (Wildman–Crippen LogP) is 0.836. The van der Waals surface area contributed by atoms with Crippen molar-refractivity contribution >= 4 is 0 Å². The smallest absolute Gasteiger partial charge is 0.107 e. The van der Waals surface area contributed by atoms with Gasteiger partial charge in [0.1, 0.15) is 6.04 Å². The molecule has 68 valence electrons. The van der Waals surface area contributed by atoms with Crippen molar-refractivity contribution in [3.05, 3.63) is 29.1 Å². The maximum atomic E-state index is 5.30. The number of nitrogens with two attached hydrogens (primary N) is 1. The molecular formula is C10H13N3. The highest BCUT2D eigenvalue weighted by Gasteiger charge is 2.06. The summed E-state index contributed by atoms with van der Waals surface area (Å²) < 4.78 is 0. The largest absolute Gasteiger partial charge is 0.270 e. The molecule has 0 amide bonds. The Hall–Kier alpha value is -1.37. The fourth-order valence-electron chi connectivity index (χ4n) is 1.27. The summed E-state index contributed by atoms with van der Waals surface area (Å²) >= 11 is 0. The van der Waals surface area contributed by atoms with Crippen molar-refractivity contribution in [1.29, 1.82) is 0 Å². The van der Waals surface area contributed by atoms with Crippen LogP contribution in [0.1, 0.15) is 23.0 Å². The zero-order chi connectivity index (χ0) is 9.84. The van der Waals surface area contributed by atoms with Gasteiger partial charge in [-0.15, -0.1) is 6.42 Å². The van der Waals surface area contributed by atoms with Crippen molar-refractivity contribution in [3.8, 4) is 12.3 Å². The van der Waals surface area contributed by atoms with Crippen LogP contribution in [0.25, 0.3) is 0 Å². The molecule has 0 aromatic carbocycles. The first-order valence-electron chi connectivity index (χ1n) is 4.05. The summed E-state index contributed by atoms with van der Waals surface area (Å²) in [6, 6.07) is 3.62. The first kappa shape index (κ1) is 9.72. The molecule has 3 heteroatoms. The lowest BCUT2D eigenvalue weighted by Gasteiger charge is -2.10. The Morgan fingerprint density at radius 1 is 1.46 bits per heavy atom. The number of nitrogens with one attached hydrogen (secondary N) is 1. The highest BCUT2D eigenvalue weighted by molar-refractivity contribution is 5.28. The minimum atomic E-state index is -0.236. The minimum Gasteiger partial charge on any atom is -0.270 e. The third kappa shape index (κ3) is 2.28. The van der Waals surface area contributed by atoms with Gasteiger partial charge in [0.15, 0.2) is 0 Å². The predicted molar refractivity (Wildman–Crippen MR) is 52.6 cm³/mol. The highest BCUT2D eigenvalue weighted by Crippen LogP contribution is 2.12. The number of hydrazine groups is 1. The number of rotatable bonds is 2. The van der Waals surface area contributed by atoms with Gasteiger partial charge < -0.3 is 0 Å². The van der Waals surface area contributed by atoms with Gasteiger partial charge in [-0.2, -0.15) is 0 Å². The molecule has 0 radical (unpaired) electrons. The van der Waals surface area contributed by atoms with Crippen LogP contribution in [0.4, 0.5) is 0 Å². The third-order valence-electron chi connectivity index (χ3n) is 1.77. The second-order valence-corrected chi connectivity index (χ2v) is 2.95. The van der Waals surface area contributed by atoms with E-state index in [9.17, 15) is 0 Å². The van der Waals surface area contributed by atoms with Crippen LogP contribution < -0.4 is 11.3 Å². The first-order valence-corrected chi connectivity index (χ1v) is 4.05. The number of terminal acetylenes is 1. The summed E-state index contributed by atoms with van der Waals surface area (Å²) in [7, 11) is 0. The number of aromatic nitrogens is 1. The average molecular weight is 175 g/mol. The Labute approximate surface area is 78.3 Å². The van der Waals surface area contributed by atoms with Crippen LogP contribution in [0.3, 0.4) is 0 Å². The summed E-state index contributed by atoms with van der Waals surface area (Å²) in [4.78, 5) is 4.25. The van der Waals surface area contributed by atoms with Gasteiger partial charge in [-0.1, -0.05) is 5.92 Å². The number of hydrogen-bond acceptors (Lipinski definition) is 3. The summed E-state index contributed by atoms with van der Waals surface area (Å²) in [6.07, 6.45) is 5.30. The van der Waals surface area contributed by atoms with Crippen molar-refractivity contribution in [2.45, 2.75) is 19.9 Å². The van der Waals surface area contributed by atoms with E-state index in [1.165, 1.54) is 0 Å². The van der Waals surface area contributed by atoms with Crippen molar-refractivity contribution in [2.24, 2.45) is 5.84 Å². The highest BCUT2D eigenvalue weighted by atomic mass is 15.2. The number of nitrogens with zero attached hydrogens (tertiary/aromatic N) is 1. The molecule has 0 spiro atoms. The molecule has 0 aliphatic rings. The number of hydrogen-bond donors (Lipinski definition) is 2. The average Bonchev–Trinajstić information content (AvgIpc) is 2.04. The fourth-order valence-corrected chi connectivity index (χ4v) is 1.27. The van der Waals surface area contributed by atoms with E-state index in [0.29, 0.717) is 0 Å². The lowest BCUT2D eigenvalue weighted by molar-refractivity contribution is 0.671. The molecule has 3 N–H and O–H groups in total. The second-order valence-electron chi connectivity index (χ2n) is 2.95. The summed E-state index contributed by atoms with van der Waals surface area (Å²) in [5, 5.41) is 0. The SMILES string of the molecule is C#CC(NN)c1cc(C)nc(C)c1. The lowest BCUT2D eigenvalue weighted by atomic mass is 10.1. The monoisotopic (exact) mass is 175 g/mol. The molecule has 0 aliphatic carbocycles. The maximum absolute atomic E-state index is 5.30. The van der Waals surface area contributed by atoms with E-state index >= 15 is 0 Å².